The number of nitrogens with one attached hydrogen (secondary N) is 1. The largest absolute Gasteiger partial charge is 0.370 e. The fourth-order valence-electron chi connectivity index (χ4n) is 1.59. The van der Waals surface area contributed by atoms with Crippen molar-refractivity contribution >= 4 is 5.82 Å². The third-order valence-electron chi connectivity index (χ3n) is 2.58. The molecule has 0 unspecified atom stereocenters. The molecule has 0 aliphatic heterocycles. The first-order valence-electron chi connectivity index (χ1n) is 6.05. The van der Waals surface area contributed by atoms with Gasteiger partial charge in [0.05, 0.1) is 0 Å². The predicted molar refractivity (Wildman–Crippen MR) is 69.3 cm³/mol. The van der Waals surface area contributed by atoms with E-state index in [0.29, 0.717) is 5.92 Å². The Bertz CT molecular complexity index is 505. The van der Waals surface area contributed by atoms with Gasteiger partial charge in [-0.2, -0.15) is 5.10 Å². The van der Waals surface area contributed by atoms with Gasteiger partial charge >= 0.3 is 0 Å². The Balaban J connectivity index is 1.88. The van der Waals surface area contributed by atoms with E-state index in [4.69, 9.17) is 0 Å². The zero-order valence-electron chi connectivity index (χ0n) is 11.0. The van der Waals surface area contributed by atoms with Gasteiger partial charge in [0.25, 0.3) is 0 Å². The number of hydrogen-bond donors (Lipinski definition) is 1. The third kappa shape index (κ3) is 3.26. The van der Waals surface area contributed by atoms with Crippen LogP contribution in [0.5, 0.6) is 0 Å². The van der Waals surface area contributed by atoms with Crippen molar-refractivity contribution < 1.29 is 0 Å². The van der Waals surface area contributed by atoms with Gasteiger partial charge in [-0.3, -0.25) is 4.68 Å². The predicted octanol–water partition coefficient (Wildman–Crippen LogP) is 1.38. The summed E-state index contributed by atoms with van der Waals surface area (Å²) in [5, 5.41) is 7.48. The lowest BCUT2D eigenvalue weighted by Gasteiger charge is -2.07. The summed E-state index contributed by atoms with van der Waals surface area (Å²) in [4.78, 5) is 12.6. The van der Waals surface area contributed by atoms with Crippen molar-refractivity contribution in [2.24, 2.45) is 7.05 Å². The molecule has 1 N–H and O–H groups in total. The highest BCUT2D eigenvalue weighted by atomic mass is 15.3. The molecule has 0 aliphatic rings. The summed E-state index contributed by atoms with van der Waals surface area (Å²) >= 11 is 0. The molecule has 2 rings (SSSR count). The summed E-state index contributed by atoms with van der Waals surface area (Å²) in [6, 6.07) is 1.98. The van der Waals surface area contributed by atoms with Gasteiger partial charge in [0.1, 0.15) is 18.5 Å². The second-order valence-electron chi connectivity index (χ2n) is 4.49. The summed E-state index contributed by atoms with van der Waals surface area (Å²) in [5.41, 5.74) is 1.04. The van der Waals surface area contributed by atoms with E-state index < -0.39 is 0 Å². The van der Waals surface area contributed by atoms with Crippen LogP contribution in [0, 0.1) is 0 Å². The zero-order chi connectivity index (χ0) is 13.0. The van der Waals surface area contributed by atoms with Gasteiger partial charge in [-0.25, -0.2) is 15.0 Å². The smallest absolute Gasteiger partial charge is 0.152 e. The average molecular weight is 246 g/mol. The van der Waals surface area contributed by atoms with E-state index in [-0.39, 0.29) is 0 Å². The number of anilines is 1. The second kappa shape index (κ2) is 5.57. The van der Waals surface area contributed by atoms with Crippen LogP contribution in [-0.2, 0) is 13.5 Å². The lowest BCUT2D eigenvalue weighted by Crippen LogP contribution is -2.08. The van der Waals surface area contributed by atoms with Gasteiger partial charge in [-0.15, -0.1) is 0 Å². The summed E-state index contributed by atoms with van der Waals surface area (Å²) in [5.74, 6) is 2.10. The molecule has 6 nitrogen and oxygen atoms in total. The highest BCUT2D eigenvalue weighted by Crippen LogP contribution is 2.13. The Labute approximate surface area is 106 Å². The summed E-state index contributed by atoms with van der Waals surface area (Å²) in [6.07, 6.45) is 4.08. The maximum atomic E-state index is 4.23. The number of nitrogens with zero attached hydrogens (tertiary/aromatic N) is 5. The first-order chi connectivity index (χ1) is 8.65. The molecule has 0 aromatic carbocycles. The standard InChI is InChI=1S/C12H18N6/c1-9(2)10-6-12(15-7-14-10)13-5-4-11-16-8-18(3)17-11/h6-9H,4-5H2,1-3H3,(H,13,14,15). The van der Waals surface area contributed by atoms with Gasteiger partial charge in [-0.05, 0) is 5.92 Å². The van der Waals surface area contributed by atoms with E-state index in [9.17, 15) is 0 Å². The number of aromatic nitrogens is 5. The first-order valence-corrected chi connectivity index (χ1v) is 6.05. The molecule has 0 aliphatic carbocycles. The molecular weight excluding hydrogens is 228 g/mol. The fraction of sp³-hybridized carbons (Fsp3) is 0.500. The topological polar surface area (TPSA) is 68.5 Å². The lowest BCUT2D eigenvalue weighted by atomic mass is 10.1. The molecule has 0 amide bonds. The maximum absolute atomic E-state index is 4.23. The van der Waals surface area contributed by atoms with Crippen molar-refractivity contribution in [1.82, 2.24) is 24.7 Å². The van der Waals surface area contributed by atoms with Crippen LogP contribution in [0.1, 0.15) is 31.3 Å². The maximum Gasteiger partial charge on any atom is 0.152 e. The van der Waals surface area contributed by atoms with Gasteiger partial charge in [0, 0.05) is 31.8 Å². The minimum Gasteiger partial charge on any atom is -0.370 e. The Hall–Kier alpha value is -1.98. The van der Waals surface area contributed by atoms with E-state index in [1.165, 1.54) is 0 Å². The third-order valence-corrected chi connectivity index (χ3v) is 2.58. The van der Waals surface area contributed by atoms with E-state index in [1.807, 2.05) is 13.1 Å². The van der Waals surface area contributed by atoms with Crippen LogP contribution in [0.15, 0.2) is 18.7 Å². The first kappa shape index (κ1) is 12.5. The van der Waals surface area contributed by atoms with Crippen LogP contribution in [0.2, 0.25) is 0 Å². The lowest BCUT2D eigenvalue weighted by molar-refractivity contribution is 0.741. The van der Waals surface area contributed by atoms with E-state index in [0.717, 1.165) is 30.3 Å². The molecule has 6 heteroatoms. The number of hydrogen-bond acceptors (Lipinski definition) is 5. The number of aryl methyl sites for hydroxylation is 1. The minimum absolute atomic E-state index is 0.408. The van der Waals surface area contributed by atoms with Gasteiger partial charge in [0.2, 0.25) is 0 Å². The molecule has 2 aromatic heterocycles. The molecule has 0 atom stereocenters. The highest BCUT2D eigenvalue weighted by molar-refractivity contribution is 5.35. The normalized spacial score (nSPS) is 10.9. The van der Waals surface area contributed by atoms with Crippen molar-refractivity contribution in [1.29, 1.82) is 0 Å². The van der Waals surface area contributed by atoms with Gasteiger partial charge < -0.3 is 5.32 Å². The molecule has 0 spiro atoms. The molecule has 2 heterocycles. The second-order valence-corrected chi connectivity index (χ2v) is 4.49. The molecule has 96 valence electrons. The Morgan fingerprint density at radius 2 is 2.11 bits per heavy atom. The minimum atomic E-state index is 0.408. The van der Waals surface area contributed by atoms with E-state index in [2.05, 4.69) is 39.2 Å². The molecule has 0 saturated carbocycles. The highest BCUT2D eigenvalue weighted by Gasteiger charge is 2.03. The molecule has 0 fully saturated rings. The molecule has 18 heavy (non-hydrogen) atoms. The monoisotopic (exact) mass is 246 g/mol. The van der Waals surface area contributed by atoms with Crippen molar-refractivity contribution in [3.8, 4) is 0 Å². The van der Waals surface area contributed by atoms with Crippen LogP contribution in [0.3, 0.4) is 0 Å². The fourth-order valence-corrected chi connectivity index (χ4v) is 1.59. The van der Waals surface area contributed by atoms with Crippen molar-refractivity contribution in [2.75, 3.05) is 11.9 Å². The van der Waals surface area contributed by atoms with Crippen LogP contribution in [0.4, 0.5) is 5.82 Å². The summed E-state index contributed by atoms with van der Waals surface area (Å²) in [7, 11) is 1.86. The average Bonchev–Trinajstić information content (AvgIpc) is 2.75. The van der Waals surface area contributed by atoms with Crippen molar-refractivity contribution in [2.45, 2.75) is 26.2 Å². The van der Waals surface area contributed by atoms with Crippen molar-refractivity contribution in [3.63, 3.8) is 0 Å². The summed E-state index contributed by atoms with van der Waals surface area (Å²) < 4.78 is 1.71. The zero-order valence-corrected chi connectivity index (χ0v) is 11.0. The quantitative estimate of drug-likeness (QED) is 0.863. The van der Waals surface area contributed by atoms with Crippen LogP contribution < -0.4 is 5.32 Å². The molecule has 0 bridgehead atoms. The Morgan fingerprint density at radius 1 is 1.28 bits per heavy atom. The van der Waals surface area contributed by atoms with E-state index >= 15 is 0 Å². The molecular formula is C12H18N6. The number of rotatable bonds is 5. The van der Waals surface area contributed by atoms with Gasteiger partial charge in [-0.1, -0.05) is 13.8 Å². The van der Waals surface area contributed by atoms with E-state index in [1.54, 1.807) is 17.3 Å². The molecule has 2 aromatic rings. The van der Waals surface area contributed by atoms with Crippen LogP contribution >= 0.6 is 0 Å². The molecule has 0 radical (unpaired) electrons. The summed E-state index contributed by atoms with van der Waals surface area (Å²) in [6.45, 7) is 4.99. The van der Waals surface area contributed by atoms with Crippen molar-refractivity contribution in [3.05, 3.63) is 30.2 Å². The molecule has 0 saturated heterocycles. The van der Waals surface area contributed by atoms with Gasteiger partial charge in [0.15, 0.2) is 5.82 Å². The van der Waals surface area contributed by atoms with Crippen LogP contribution in [-0.4, -0.2) is 31.3 Å². The Morgan fingerprint density at radius 3 is 2.78 bits per heavy atom. The van der Waals surface area contributed by atoms with Crippen LogP contribution in [0.25, 0.3) is 0 Å². The Kier molecular flexibility index (Phi) is 3.86. The SMILES string of the molecule is CC(C)c1cc(NCCc2ncn(C)n2)ncn1.